The normalized spacial score (nSPS) is 14.5. The maximum Gasteiger partial charge on any atom is 0.284 e. The first-order chi connectivity index (χ1) is 7.41. The van der Waals surface area contributed by atoms with E-state index in [2.05, 4.69) is 0 Å². The van der Waals surface area contributed by atoms with E-state index >= 15 is 0 Å². The number of thioether (sulfide) groups is 1. The van der Waals surface area contributed by atoms with Crippen LogP contribution in [-0.2, 0) is 0 Å². The summed E-state index contributed by atoms with van der Waals surface area (Å²) in [5, 5.41) is 20.4. The van der Waals surface area contributed by atoms with Crippen LogP contribution in [0.5, 0.6) is 0 Å². The standard InChI is InChI=1S/C10H12ClNO3S/c1-6(13)7(2)16-10-4-3-8(11)5-9(10)12(14)15/h3-7,13H,1-2H3. The topological polar surface area (TPSA) is 63.4 Å². The minimum absolute atomic E-state index is 0.0231. The predicted molar refractivity (Wildman–Crippen MR) is 65.1 cm³/mol. The highest BCUT2D eigenvalue weighted by molar-refractivity contribution is 8.00. The molecule has 2 unspecified atom stereocenters. The summed E-state index contributed by atoms with van der Waals surface area (Å²) in [4.78, 5) is 10.8. The first-order valence-electron chi connectivity index (χ1n) is 4.70. The molecule has 0 bridgehead atoms. The summed E-state index contributed by atoms with van der Waals surface area (Å²) in [7, 11) is 0. The van der Waals surface area contributed by atoms with E-state index in [1.54, 1.807) is 19.1 Å². The largest absolute Gasteiger partial charge is 0.392 e. The van der Waals surface area contributed by atoms with Gasteiger partial charge in [-0.25, -0.2) is 0 Å². The molecule has 0 fully saturated rings. The molecule has 0 saturated heterocycles. The second-order valence-corrected chi connectivity index (χ2v) is 5.29. The summed E-state index contributed by atoms with van der Waals surface area (Å²) < 4.78 is 0. The Morgan fingerprint density at radius 2 is 2.12 bits per heavy atom. The third-order valence-electron chi connectivity index (χ3n) is 2.11. The fourth-order valence-electron chi connectivity index (χ4n) is 1.03. The third kappa shape index (κ3) is 3.37. The predicted octanol–water partition coefficient (Wildman–Crippen LogP) is 3.11. The zero-order chi connectivity index (χ0) is 12.3. The molecule has 0 radical (unpaired) electrons. The van der Waals surface area contributed by atoms with Gasteiger partial charge in [0, 0.05) is 16.3 Å². The van der Waals surface area contributed by atoms with Crippen molar-refractivity contribution in [3.63, 3.8) is 0 Å². The minimum atomic E-state index is -0.528. The number of aliphatic hydroxyl groups excluding tert-OH is 1. The Balaban J connectivity index is 2.99. The van der Waals surface area contributed by atoms with E-state index in [1.807, 2.05) is 6.92 Å². The fourth-order valence-corrected chi connectivity index (χ4v) is 2.20. The molecule has 0 heterocycles. The van der Waals surface area contributed by atoms with Crippen molar-refractivity contribution in [2.24, 2.45) is 0 Å². The summed E-state index contributed by atoms with van der Waals surface area (Å²) in [6.07, 6.45) is -0.528. The van der Waals surface area contributed by atoms with E-state index in [0.29, 0.717) is 9.92 Å². The Bertz CT molecular complexity index is 398. The Morgan fingerprint density at radius 3 is 2.62 bits per heavy atom. The van der Waals surface area contributed by atoms with Crippen molar-refractivity contribution in [2.45, 2.75) is 30.1 Å². The molecule has 1 aromatic carbocycles. The number of nitrogens with zero attached hydrogens (tertiary/aromatic N) is 1. The summed E-state index contributed by atoms with van der Waals surface area (Å²) in [6.45, 7) is 3.47. The fraction of sp³-hybridized carbons (Fsp3) is 0.400. The van der Waals surface area contributed by atoms with Crippen molar-refractivity contribution in [1.29, 1.82) is 0 Å². The van der Waals surface area contributed by atoms with E-state index in [1.165, 1.54) is 17.8 Å². The van der Waals surface area contributed by atoms with Crippen molar-refractivity contribution >= 4 is 29.1 Å². The van der Waals surface area contributed by atoms with E-state index in [-0.39, 0.29) is 10.9 Å². The molecule has 1 rings (SSSR count). The van der Waals surface area contributed by atoms with Crippen LogP contribution < -0.4 is 0 Å². The van der Waals surface area contributed by atoms with Gasteiger partial charge in [-0.05, 0) is 19.1 Å². The molecule has 16 heavy (non-hydrogen) atoms. The quantitative estimate of drug-likeness (QED) is 0.514. The number of hydrogen-bond acceptors (Lipinski definition) is 4. The van der Waals surface area contributed by atoms with Crippen LogP contribution in [0.15, 0.2) is 23.1 Å². The van der Waals surface area contributed by atoms with E-state index in [4.69, 9.17) is 11.6 Å². The smallest absolute Gasteiger partial charge is 0.284 e. The SMILES string of the molecule is CC(O)C(C)Sc1ccc(Cl)cc1[N+](=O)[O-]. The molecule has 0 aliphatic rings. The van der Waals surface area contributed by atoms with Crippen molar-refractivity contribution in [3.8, 4) is 0 Å². The highest BCUT2D eigenvalue weighted by Gasteiger charge is 2.19. The first kappa shape index (κ1) is 13.3. The summed E-state index contributed by atoms with van der Waals surface area (Å²) >= 11 is 6.96. The Kier molecular flexibility index (Phi) is 4.58. The van der Waals surface area contributed by atoms with E-state index < -0.39 is 11.0 Å². The van der Waals surface area contributed by atoms with Gasteiger partial charge in [-0.1, -0.05) is 18.5 Å². The van der Waals surface area contributed by atoms with Crippen LogP contribution in [0.25, 0.3) is 0 Å². The molecule has 0 aliphatic carbocycles. The van der Waals surface area contributed by atoms with Crippen LogP contribution >= 0.6 is 23.4 Å². The van der Waals surface area contributed by atoms with Gasteiger partial charge in [0.2, 0.25) is 0 Å². The van der Waals surface area contributed by atoms with Gasteiger partial charge in [-0.3, -0.25) is 10.1 Å². The van der Waals surface area contributed by atoms with Crippen LogP contribution in [0.1, 0.15) is 13.8 Å². The number of nitro benzene ring substituents is 1. The summed E-state index contributed by atoms with van der Waals surface area (Å²) in [5.74, 6) is 0. The number of aliphatic hydroxyl groups is 1. The third-order valence-corrected chi connectivity index (χ3v) is 3.71. The van der Waals surface area contributed by atoms with Crippen LogP contribution in [-0.4, -0.2) is 21.4 Å². The lowest BCUT2D eigenvalue weighted by molar-refractivity contribution is -0.387. The lowest BCUT2D eigenvalue weighted by atomic mass is 10.3. The Labute approximate surface area is 103 Å². The monoisotopic (exact) mass is 261 g/mol. The number of hydrogen-bond donors (Lipinski definition) is 1. The van der Waals surface area contributed by atoms with Gasteiger partial charge in [0.05, 0.1) is 15.9 Å². The second kappa shape index (κ2) is 5.52. The first-order valence-corrected chi connectivity index (χ1v) is 5.96. The molecule has 2 atom stereocenters. The van der Waals surface area contributed by atoms with Gasteiger partial charge in [0.1, 0.15) is 0 Å². The Hall–Kier alpha value is -0.780. The molecular formula is C10H12ClNO3S. The summed E-state index contributed by atoms with van der Waals surface area (Å²) in [5.41, 5.74) is -0.0231. The van der Waals surface area contributed by atoms with Gasteiger partial charge in [-0.15, -0.1) is 11.8 Å². The number of rotatable bonds is 4. The molecule has 6 heteroatoms. The number of benzene rings is 1. The maximum absolute atomic E-state index is 10.8. The van der Waals surface area contributed by atoms with Crippen molar-refractivity contribution < 1.29 is 10.0 Å². The van der Waals surface area contributed by atoms with Gasteiger partial charge < -0.3 is 5.11 Å². The van der Waals surface area contributed by atoms with Crippen LogP contribution in [0.2, 0.25) is 5.02 Å². The Morgan fingerprint density at radius 1 is 1.50 bits per heavy atom. The average molecular weight is 262 g/mol. The molecular weight excluding hydrogens is 250 g/mol. The van der Waals surface area contributed by atoms with Crippen molar-refractivity contribution in [3.05, 3.63) is 33.3 Å². The molecule has 4 nitrogen and oxygen atoms in total. The number of nitro groups is 1. The lowest BCUT2D eigenvalue weighted by Crippen LogP contribution is -2.15. The molecule has 88 valence electrons. The van der Waals surface area contributed by atoms with Gasteiger partial charge >= 0.3 is 0 Å². The van der Waals surface area contributed by atoms with E-state index in [0.717, 1.165) is 0 Å². The molecule has 0 aromatic heterocycles. The molecule has 0 aliphatic heterocycles. The molecule has 0 saturated carbocycles. The average Bonchev–Trinajstić information content (AvgIpc) is 2.20. The highest BCUT2D eigenvalue weighted by Crippen LogP contribution is 2.34. The minimum Gasteiger partial charge on any atom is -0.392 e. The van der Waals surface area contributed by atoms with Crippen molar-refractivity contribution in [2.75, 3.05) is 0 Å². The maximum atomic E-state index is 10.8. The lowest BCUT2D eigenvalue weighted by Gasteiger charge is -2.13. The molecule has 1 aromatic rings. The number of halogens is 1. The zero-order valence-corrected chi connectivity index (χ0v) is 10.5. The zero-order valence-electron chi connectivity index (χ0n) is 8.88. The van der Waals surface area contributed by atoms with Gasteiger partial charge in [0.25, 0.3) is 5.69 Å². The van der Waals surface area contributed by atoms with Crippen LogP contribution in [0, 0.1) is 10.1 Å². The molecule has 1 N–H and O–H groups in total. The van der Waals surface area contributed by atoms with Crippen molar-refractivity contribution in [1.82, 2.24) is 0 Å². The van der Waals surface area contributed by atoms with Gasteiger partial charge in [-0.2, -0.15) is 0 Å². The van der Waals surface area contributed by atoms with Crippen LogP contribution in [0.3, 0.4) is 0 Å². The summed E-state index contributed by atoms with van der Waals surface area (Å²) in [6, 6.07) is 4.52. The molecule has 0 amide bonds. The van der Waals surface area contributed by atoms with Crippen LogP contribution in [0.4, 0.5) is 5.69 Å². The highest BCUT2D eigenvalue weighted by atomic mass is 35.5. The van der Waals surface area contributed by atoms with Gasteiger partial charge in [0.15, 0.2) is 0 Å². The van der Waals surface area contributed by atoms with E-state index in [9.17, 15) is 15.2 Å². The molecule has 0 spiro atoms. The second-order valence-electron chi connectivity index (χ2n) is 3.43.